The smallest absolute Gasteiger partial charge is 0.229 e. The van der Waals surface area contributed by atoms with E-state index in [4.69, 9.17) is 10.3 Å². The Labute approximate surface area is 130 Å². The van der Waals surface area contributed by atoms with Gasteiger partial charge in [0.05, 0.1) is 12.6 Å². The normalized spacial score (nSPS) is 15.3. The number of hydrogen-bond donors (Lipinski definition) is 1. The van der Waals surface area contributed by atoms with Gasteiger partial charge in [-0.05, 0) is 54.8 Å². The number of halogens is 1. The highest BCUT2D eigenvalue weighted by atomic mass is 31.2. The molecule has 118 valence electrons. The van der Waals surface area contributed by atoms with E-state index in [1.165, 1.54) is 12.1 Å². The van der Waals surface area contributed by atoms with Crippen LogP contribution in [-0.2, 0) is 9.09 Å². The van der Waals surface area contributed by atoms with Crippen LogP contribution < -0.4 is 11.0 Å². The second kappa shape index (κ2) is 6.74. The second-order valence-corrected chi connectivity index (χ2v) is 7.80. The van der Waals surface area contributed by atoms with Crippen LogP contribution in [0.25, 0.3) is 0 Å². The van der Waals surface area contributed by atoms with Crippen LogP contribution in [0.15, 0.2) is 42.5 Å². The van der Waals surface area contributed by atoms with Gasteiger partial charge in [0.1, 0.15) is 5.82 Å². The second-order valence-electron chi connectivity index (χ2n) is 5.33. The van der Waals surface area contributed by atoms with Crippen molar-refractivity contribution in [3.8, 4) is 0 Å². The Hall–Kier alpha value is -1.48. The number of aryl methyl sites for hydroxylation is 1. The van der Waals surface area contributed by atoms with E-state index >= 15 is 0 Å². The van der Waals surface area contributed by atoms with Crippen molar-refractivity contribution in [1.29, 1.82) is 0 Å². The Morgan fingerprint density at radius 3 is 2.41 bits per heavy atom. The number of hydrogen-bond acceptors (Lipinski definition) is 3. The molecule has 2 rings (SSSR count). The van der Waals surface area contributed by atoms with E-state index < -0.39 is 7.37 Å². The summed E-state index contributed by atoms with van der Waals surface area (Å²) in [5.41, 5.74) is 8.83. The molecular formula is C17H21FNO2P. The fraction of sp³-hybridized carbons (Fsp3) is 0.294. The van der Waals surface area contributed by atoms with Gasteiger partial charge >= 0.3 is 0 Å². The number of nitrogens with two attached hydrogens (primary N) is 1. The molecule has 0 heterocycles. The molecule has 0 spiro atoms. The summed E-state index contributed by atoms with van der Waals surface area (Å²) in [5, 5.41) is 0.668. The molecule has 2 aromatic carbocycles. The first-order valence-electron chi connectivity index (χ1n) is 7.19. The molecule has 0 aliphatic heterocycles. The van der Waals surface area contributed by atoms with Gasteiger partial charge in [0, 0.05) is 12.0 Å². The van der Waals surface area contributed by atoms with Gasteiger partial charge in [-0.3, -0.25) is 4.57 Å². The summed E-state index contributed by atoms with van der Waals surface area (Å²) in [4.78, 5) is 0. The number of rotatable bonds is 5. The van der Waals surface area contributed by atoms with Gasteiger partial charge in [-0.15, -0.1) is 0 Å². The topological polar surface area (TPSA) is 52.3 Å². The fourth-order valence-corrected chi connectivity index (χ4v) is 3.77. The largest absolute Gasteiger partial charge is 0.326 e. The molecular weight excluding hydrogens is 300 g/mol. The standard InChI is InChI=1S/C17H21FNO2P/c1-4-21-22(3,20)15-8-5-13(6-9-15)17(19)16-10-7-14(18)11-12(16)2/h5-11,17H,4,19H2,1-3H3/t17-,22?/m1/s1. The quantitative estimate of drug-likeness (QED) is 0.853. The van der Waals surface area contributed by atoms with E-state index in [0.29, 0.717) is 11.9 Å². The molecule has 3 nitrogen and oxygen atoms in total. The Morgan fingerprint density at radius 1 is 1.23 bits per heavy atom. The lowest BCUT2D eigenvalue weighted by molar-refractivity contribution is 0.345. The van der Waals surface area contributed by atoms with Crippen LogP contribution in [0.3, 0.4) is 0 Å². The van der Waals surface area contributed by atoms with E-state index in [1.54, 1.807) is 24.9 Å². The minimum absolute atomic E-state index is 0.271. The highest BCUT2D eigenvalue weighted by molar-refractivity contribution is 7.66. The SMILES string of the molecule is CCOP(C)(=O)c1ccc([C@@H](N)c2ccc(F)cc2C)cc1. The molecule has 1 unspecified atom stereocenters. The minimum atomic E-state index is -2.77. The Bertz CT molecular complexity index is 700. The summed E-state index contributed by atoms with van der Waals surface area (Å²) in [6.07, 6.45) is 0. The third-order valence-electron chi connectivity index (χ3n) is 3.66. The predicted molar refractivity (Wildman–Crippen MR) is 88.4 cm³/mol. The van der Waals surface area contributed by atoms with Crippen LogP contribution in [0, 0.1) is 12.7 Å². The highest BCUT2D eigenvalue weighted by Gasteiger charge is 2.19. The summed E-state index contributed by atoms with van der Waals surface area (Å²) in [7, 11) is -2.77. The van der Waals surface area contributed by atoms with Crippen molar-refractivity contribution in [3.05, 3.63) is 65.0 Å². The molecule has 2 atom stereocenters. The zero-order valence-electron chi connectivity index (χ0n) is 13.0. The van der Waals surface area contributed by atoms with E-state index in [0.717, 1.165) is 16.7 Å². The summed E-state index contributed by atoms with van der Waals surface area (Å²) >= 11 is 0. The lowest BCUT2D eigenvalue weighted by atomic mass is 9.96. The van der Waals surface area contributed by atoms with Crippen LogP contribution in [0.4, 0.5) is 4.39 Å². The van der Waals surface area contributed by atoms with Gasteiger partial charge in [0.2, 0.25) is 7.37 Å². The summed E-state index contributed by atoms with van der Waals surface area (Å²) in [6, 6.07) is 11.5. The average molecular weight is 321 g/mol. The fourth-order valence-electron chi connectivity index (χ4n) is 2.44. The first kappa shape index (κ1) is 16.9. The molecule has 0 aliphatic carbocycles. The molecule has 0 saturated carbocycles. The summed E-state index contributed by atoms with van der Waals surface area (Å²) in [5.74, 6) is -0.271. The minimum Gasteiger partial charge on any atom is -0.326 e. The third-order valence-corrected chi connectivity index (χ3v) is 5.65. The van der Waals surface area contributed by atoms with E-state index in [1.807, 2.05) is 26.0 Å². The molecule has 5 heteroatoms. The van der Waals surface area contributed by atoms with Crippen molar-refractivity contribution in [1.82, 2.24) is 0 Å². The Balaban J connectivity index is 2.28. The van der Waals surface area contributed by atoms with Gasteiger partial charge in [0.25, 0.3) is 0 Å². The average Bonchev–Trinajstić information content (AvgIpc) is 2.47. The van der Waals surface area contributed by atoms with Crippen LogP contribution in [-0.4, -0.2) is 13.3 Å². The van der Waals surface area contributed by atoms with Gasteiger partial charge < -0.3 is 10.3 Å². The molecule has 0 aromatic heterocycles. The van der Waals surface area contributed by atoms with Crippen molar-refractivity contribution in [2.45, 2.75) is 19.9 Å². The molecule has 0 amide bonds. The summed E-state index contributed by atoms with van der Waals surface area (Å²) < 4.78 is 30.9. The van der Waals surface area contributed by atoms with E-state index in [-0.39, 0.29) is 11.9 Å². The van der Waals surface area contributed by atoms with Crippen LogP contribution >= 0.6 is 7.37 Å². The van der Waals surface area contributed by atoms with Crippen molar-refractivity contribution in [3.63, 3.8) is 0 Å². The molecule has 2 aromatic rings. The van der Waals surface area contributed by atoms with Crippen molar-refractivity contribution < 1.29 is 13.5 Å². The lowest BCUT2D eigenvalue weighted by Gasteiger charge is -2.17. The van der Waals surface area contributed by atoms with E-state index in [9.17, 15) is 8.96 Å². The van der Waals surface area contributed by atoms with Gasteiger partial charge in [-0.25, -0.2) is 4.39 Å². The highest BCUT2D eigenvalue weighted by Crippen LogP contribution is 2.41. The maximum absolute atomic E-state index is 13.2. The molecule has 0 bridgehead atoms. The molecule has 0 radical (unpaired) electrons. The molecule has 0 saturated heterocycles. The van der Waals surface area contributed by atoms with Crippen LogP contribution in [0.1, 0.15) is 29.7 Å². The van der Waals surface area contributed by atoms with Gasteiger partial charge in [-0.2, -0.15) is 0 Å². The third kappa shape index (κ3) is 3.64. The molecule has 0 fully saturated rings. The van der Waals surface area contributed by atoms with Gasteiger partial charge in [-0.1, -0.05) is 18.2 Å². The lowest BCUT2D eigenvalue weighted by Crippen LogP contribution is -2.15. The monoisotopic (exact) mass is 321 g/mol. The molecule has 22 heavy (non-hydrogen) atoms. The zero-order chi connectivity index (χ0) is 16.3. The Kier molecular flexibility index (Phi) is 5.17. The van der Waals surface area contributed by atoms with Gasteiger partial charge in [0.15, 0.2) is 0 Å². The van der Waals surface area contributed by atoms with Crippen molar-refractivity contribution >= 4 is 12.7 Å². The maximum atomic E-state index is 13.2. The van der Waals surface area contributed by atoms with Crippen LogP contribution in [0.2, 0.25) is 0 Å². The zero-order valence-corrected chi connectivity index (χ0v) is 13.9. The maximum Gasteiger partial charge on any atom is 0.229 e. The first-order chi connectivity index (χ1) is 10.3. The molecule has 0 aliphatic rings. The molecule has 2 N–H and O–H groups in total. The van der Waals surface area contributed by atoms with E-state index in [2.05, 4.69) is 0 Å². The van der Waals surface area contributed by atoms with Crippen LogP contribution in [0.5, 0.6) is 0 Å². The number of benzene rings is 2. The Morgan fingerprint density at radius 2 is 1.86 bits per heavy atom. The first-order valence-corrected chi connectivity index (χ1v) is 9.26. The van der Waals surface area contributed by atoms with Crippen molar-refractivity contribution in [2.75, 3.05) is 13.3 Å². The predicted octanol–water partition coefficient (Wildman–Crippen LogP) is 3.75. The van der Waals surface area contributed by atoms with Crippen molar-refractivity contribution in [2.24, 2.45) is 5.73 Å². The summed E-state index contributed by atoms with van der Waals surface area (Å²) in [6.45, 7) is 5.67.